The zero-order valence-corrected chi connectivity index (χ0v) is 19.6. The number of rotatable bonds is 5. The van der Waals surface area contributed by atoms with Crippen molar-refractivity contribution in [3.05, 3.63) is 56.4 Å². The average Bonchev–Trinajstić information content (AvgIpc) is 3.24. The molecule has 1 N–H and O–H groups in total. The van der Waals surface area contributed by atoms with Gasteiger partial charge in [-0.3, -0.25) is 14.2 Å². The molecule has 6 nitrogen and oxygen atoms in total. The van der Waals surface area contributed by atoms with Crippen LogP contribution in [0.5, 0.6) is 0 Å². The van der Waals surface area contributed by atoms with Crippen LogP contribution in [-0.4, -0.2) is 31.4 Å². The van der Waals surface area contributed by atoms with Crippen LogP contribution in [0.3, 0.4) is 0 Å². The van der Waals surface area contributed by atoms with Crippen LogP contribution in [0.15, 0.2) is 38.4 Å². The van der Waals surface area contributed by atoms with Gasteiger partial charge in [0.1, 0.15) is 0 Å². The maximum absolute atomic E-state index is 13.4. The van der Waals surface area contributed by atoms with E-state index < -0.39 is 0 Å². The molecule has 0 radical (unpaired) electrons. The van der Waals surface area contributed by atoms with Crippen LogP contribution in [0.2, 0.25) is 0 Å². The number of hydrogen-bond acceptors (Lipinski definition) is 7. The van der Waals surface area contributed by atoms with E-state index in [-0.39, 0.29) is 17.2 Å². The molecule has 0 bridgehead atoms. The van der Waals surface area contributed by atoms with Crippen LogP contribution in [0.1, 0.15) is 29.4 Å². The summed E-state index contributed by atoms with van der Waals surface area (Å²) < 4.78 is 1.65. The lowest BCUT2D eigenvalue weighted by atomic mass is 10.1. The van der Waals surface area contributed by atoms with Crippen molar-refractivity contribution >= 4 is 45.9 Å². The van der Waals surface area contributed by atoms with E-state index in [0.717, 1.165) is 34.6 Å². The molecule has 1 aromatic carbocycles. The van der Waals surface area contributed by atoms with Crippen LogP contribution in [0, 0.1) is 20.8 Å². The fourth-order valence-corrected chi connectivity index (χ4v) is 6.03. The van der Waals surface area contributed by atoms with Crippen molar-refractivity contribution in [3.63, 3.8) is 0 Å². The lowest BCUT2D eigenvalue weighted by molar-refractivity contribution is -0.113. The smallest absolute Gasteiger partial charge is 0.272 e. The third kappa shape index (κ3) is 4.48. The second-order valence-electron chi connectivity index (χ2n) is 7.42. The fourth-order valence-electron chi connectivity index (χ4n) is 3.40. The standard InChI is InChI=1S/C21H22N4O2S3/c1-11-5-12(2)7-15(6-11)25-19(27)18-16(8-14(4)30-18)23-21(25)29-10-17(26)24-20-22-13(3)9-28-20/h5-7,9,14H,8,10H2,1-4H3,(H,22,24,26). The summed E-state index contributed by atoms with van der Waals surface area (Å²) in [6.45, 7) is 8.00. The SMILES string of the molecule is Cc1cc(C)cc(-n2c(SCC(=O)Nc3nc(C)cs3)nc3c(c2=O)SC(C)C3)c1. The van der Waals surface area contributed by atoms with Crippen molar-refractivity contribution in [2.24, 2.45) is 0 Å². The molecule has 0 saturated heterocycles. The van der Waals surface area contributed by atoms with Gasteiger partial charge in [0, 0.05) is 17.1 Å². The minimum Gasteiger partial charge on any atom is -0.301 e. The summed E-state index contributed by atoms with van der Waals surface area (Å²) in [7, 11) is 0. The van der Waals surface area contributed by atoms with Crippen LogP contribution in [-0.2, 0) is 11.2 Å². The summed E-state index contributed by atoms with van der Waals surface area (Å²) in [6, 6.07) is 6.03. The summed E-state index contributed by atoms with van der Waals surface area (Å²) in [5.41, 5.74) is 4.58. The monoisotopic (exact) mass is 458 g/mol. The highest BCUT2D eigenvalue weighted by Gasteiger charge is 2.27. The Morgan fingerprint density at radius 3 is 2.63 bits per heavy atom. The predicted octanol–water partition coefficient (Wildman–Crippen LogP) is 4.38. The number of carbonyl (C=O) groups is 1. The summed E-state index contributed by atoms with van der Waals surface area (Å²) in [4.78, 5) is 35.6. The highest BCUT2D eigenvalue weighted by atomic mass is 32.2. The van der Waals surface area contributed by atoms with E-state index >= 15 is 0 Å². The summed E-state index contributed by atoms with van der Waals surface area (Å²) in [5.74, 6) is -0.0176. The summed E-state index contributed by atoms with van der Waals surface area (Å²) >= 11 is 4.25. The van der Waals surface area contributed by atoms with Crippen molar-refractivity contribution < 1.29 is 4.79 Å². The first-order valence-corrected chi connectivity index (χ1v) is 12.3. The van der Waals surface area contributed by atoms with Crippen molar-refractivity contribution in [3.8, 4) is 5.69 Å². The van der Waals surface area contributed by atoms with Gasteiger partial charge in [-0.1, -0.05) is 24.8 Å². The average molecular weight is 459 g/mol. The van der Waals surface area contributed by atoms with E-state index in [1.54, 1.807) is 16.3 Å². The highest BCUT2D eigenvalue weighted by Crippen LogP contribution is 2.35. The van der Waals surface area contributed by atoms with Gasteiger partial charge in [0.15, 0.2) is 10.3 Å². The molecule has 0 spiro atoms. The Balaban J connectivity index is 1.67. The number of amides is 1. The molecule has 156 valence electrons. The quantitative estimate of drug-likeness (QED) is 0.452. The second-order valence-corrected chi connectivity index (χ2v) is 10.7. The van der Waals surface area contributed by atoms with E-state index in [2.05, 4.69) is 23.3 Å². The number of fused-ring (bicyclic) bond motifs is 1. The number of thioether (sulfide) groups is 2. The molecule has 1 unspecified atom stereocenters. The second kappa shape index (κ2) is 8.56. The zero-order valence-electron chi connectivity index (χ0n) is 17.2. The zero-order chi connectivity index (χ0) is 21.4. The molecule has 0 saturated carbocycles. The van der Waals surface area contributed by atoms with E-state index in [9.17, 15) is 9.59 Å². The fraction of sp³-hybridized carbons (Fsp3) is 0.333. The first kappa shape index (κ1) is 21.1. The molecule has 1 aliphatic rings. The van der Waals surface area contributed by atoms with Crippen molar-refractivity contribution in [2.45, 2.75) is 49.4 Å². The highest BCUT2D eigenvalue weighted by molar-refractivity contribution is 8.00. The van der Waals surface area contributed by atoms with E-state index in [1.807, 2.05) is 38.3 Å². The van der Waals surface area contributed by atoms with Gasteiger partial charge in [-0.05, 0) is 44.0 Å². The predicted molar refractivity (Wildman–Crippen MR) is 125 cm³/mol. The molecule has 1 aliphatic heterocycles. The minimum atomic E-state index is -0.168. The number of thiazole rings is 1. The van der Waals surface area contributed by atoms with Gasteiger partial charge in [-0.25, -0.2) is 9.97 Å². The van der Waals surface area contributed by atoms with Gasteiger partial charge in [0.2, 0.25) is 5.91 Å². The largest absolute Gasteiger partial charge is 0.301 e. The van der Waals surface area contributed by atoms with Gasteiger partial charge in [-0.2, -0.15) is 0 Å². The Kier molecular flexibility index (Phi) is 6.04. The maximum atomic E-state index is 13.4. The van der Waals surface area contributed by atoms with Crippen molar-refractivity contribution in [2.75, 3.05) is 11.1 Å². The molecule has 3 aromatic rings. The molecule has 9 heteroatoms. The number of aryl methyl sites for hydroxylation is 3. The van der Waals surface area contributed by atoms with Crippen molar-refractivity contribution in [1.29, 1.82) is 0 Å². The normalized spacial score (nSPS) is 15.3. The molecule has 4 rings (SSSR count). The molecular weight excluding hydrogens is 436 g/mol. The number of nitrogens with zero attached hydrogens (tertiary/aromatic N) is 3. The molecule has 3 heterocycles. The van der Waals surface area contributed by atoms with Crippen LogP contribution < -0.4 is 10.9 Å². The number of nitrogens with one attached hydrogen (secondary N) is 1. The molecule has 0 aliphatic carbocycles. The summed E-state index contributed by atoms with van der Waals surface area (Å²) in [6.07, 6.45) is 0.765. The third-order valence-corrected chi connectivity index (χ3v) is 7.57. The van der Waals surface area contributed by atoms with Gasteiger partial charge in [0.05, 0.1) is 27.7 Å². The molecule has 0 fully saturated rings. The summed E-state index contributed by atoms with van der Waals surface area (Å²) in [5, 5.41) is 6.15. The van der Waals surface area contributed by atoms with Crippen LogP contribution in [0.4, 0.5) is 5.13 Å². The third-order valence-electron chi connectivity index (χ3n) is 4.54. The number of aromatic nitrogens is 3. The Labute approximate surface area is 187 Å². The first-order valence-electron chi connectivity index (χ1n) is 9.56. The molecular formula is C21H22N4O2S3. The topological polar surface area (TPSA) is 76.9 Å². The molecule has 1 amide bonds. The number of benzene rings is 1. The number of hydrogen-bond donors (Lipinski definition) is 1. The minimum absolute atomic E-state index is 0.0576. The van der Waals surface area contributed by atoms with Gasteiger partial charge in [0.25, 0.3) is 5.56 Å². The van der Waals surface area contributed by atoms with E-state index in [0.29, 0.717) is 20.4 Å². The maximum Gasteiger partial charge on any atom is 0.272 e. The van der Waals surface area contributed by atoms with E-state index in [4.69, 9.17) is 4.98 Å². The Morgan fingerprint density at radius 1 is 1.23 bits per heavy atom. The Hall–Kier alpha value is -2.10. The lowest BCUT2D eigenvalue weighted by Crippen LogP contribution is -2.25. The lowest BCUT2D eigenvalue weighted by Gasteiger charge is -2.14. The Morgan fingerprint density at radius 2 is 1.97 bits per heavy atom. The van der Waals surface area contributed by atoms with Crippen LogP contribution >= 0.6 is 34.9 Å². The first-order chi connectivity index (χ1) is 14.3. The van der Waals surface area contributed by atoms with Gasteiger partial charge < -0.3 is 5.32 Å². The molecule has 30 heavy (non-hydrogen) atoms. The van der Waals surface area contributed by atoms with Crippen molar-refractivity contribution in [1.82, 2.24) is 14.5 Å². The number of carbonyl (C=O) groups excluding carboxylic acids is 1. The molecule has 2 aromatic heterocycles. The van der Waals surface area contributed by atoms with Crippen LogP contribution in [0.25, 0.3) is 5.69 Å². The molecule has 1 atom stereocenters. The van der Waals surface area contributed by atoms with E-state index in [1.165, 1.54) is 23.1 Å². The van der Waals surface area contributed by atoms with Gasteiger partial charge in [-0.15, -0.1) is 23.1 Å². The number of anilines is 1. The van der Waals surface area contributed by atoms with Gasteiger partial charge >= 0.3 is 0 Å². The Bertz CT molecular complexity index is 1170.